The molecule has 0 amide bonds. The Balaban J connectivity index is 1.93. The standard InChI is InChI=1S/C11H16N2OS/c1-9-7-12-4-5-13(9)8-10(14)11-3-2-6-15-11/h2-3,6,9,12H,4-5,7-8H2,1H3/t9-/m1/s1. The fourth-order valence-corrected chi connectivity index (χ4v) is 2.47. The highest BCUT2D eigenvalue weighted by Gasteiger charge is 2.20. The number of Topliss-reactive ketones (excluding diaryl/α,β-unsaturated/α-hetero) is 1. The molecule has 0 unspecified atom stereocenters. The lowest BCUT2D eigenvalue weighted by molar-refractivity contribution is 0.0879. The molecule has 0 radical (unpaired) electrons. The van der Waals surface area contributed by atoms with Crippen LogP contribution in [0.2, 0.25) is 0 Å². The van der Waals surface area contributed by atoms with Crippen molar-refractivity contribution in [2.75, 3.05) is 26.2 Å². The Morgan fingerprint density at radius 1 is 1.73 bits per heavy atom. The van der Waals surface area contributed by atoms with E-state index >= 15 is 0 Å². The maximum absolute atomic E-state index is 11.9. The molecule has 1 fully saturated rings. The third-order valence-electron chi connectivity index (χ3n) is 2.78. The summed E-state index contributed by atoms with van der Waals surface area (Å²) in [7, 11) is 0. The molecule has 4 heteroatoms. The zero-order chi connectivity index (χ0) is 10.7. The summed E-state index contributed by atoms with van der Waals surface area (Å²) in [6.45, 7) is 5.66. The second kappa shape index (κ2) is 4.88. The first-order valence-electron chi connectivity index (χ1n) is 5.29. The Morgan fingerprint density at radius 3 is 3.27 bits per heavy atom. The lowest BCUT2D eigenvalue weighted by Crippen LogP contribution is -2.51. The van der Waals surface area contributed by atoms with Gasteiger partial charge in [0.25, 0.3) is 0 Å². The van der Waals surface area contributed by atoms with Crippen LogP contribution in [0.25, 0.3) is 0 Å². The summed E-state index contributed by atoms with van der Waals surface area (Å²) >= 11 is 1.53. The van der Waals surface area contributed by atoms with Gasteiger partial charge in [-0.15, -0.1) is 11.3 Å². The summed E-state index contributed by atoms with van der Waals surface area (Å²) in [6.07, 6.45) is 0. The smallest absolute Gasteiger partial charge is 0.186 e. The average molecular weight is 224 g/mol. The Morgan fingerprint density at radius 2 is 2.60 bits per heavy atom. The van der Waals surface area contributed by atoms with E-state index in [-0.39, 0.29) is 5.78 Å². The molecular formula is C11H16N2OS. The maximum Gasteiger partial charge on any atom is 0.186 e. The summed E-state index contributed by atoms with van der Waals surface area (Å²) in [5, 5.41) is 5.27. The lowest BCUT2D eigenvalue weighted by atomic mass is 10.2. The van der Waals surface area contributed by atoms with Crippen molar-refractivity contribution in [1.29, 1.82) is 0 Å². The highest BCUT2D eigenvalue weighted by Crippen LogP contribution is 2.11. The molecule has 1 aromatic rings. The summed E-state index contributed by atoms with van der Waals surface area (Å²) < 4.78 is 0. The molecule has 0 aliphatic carbocycles. The van der Waals surface area contributed by atoms with Gasteiger partial charge in [-0.1, -0.05) is 6.07 Å². The van der Waals surface area contributed by atoms with E-state index in [1.165, 1.54) is 11.3 Å². The van der Waals surface area contributed by atoms with Crippen molar-refractivity contribution in [2.24, 2.45) is 0 Å². The Bertz CT molecular complexity index is 323. The molecule has 1 N–H and O–H groups in total. The van der Waals surface area contributed by atoms with Gasteiger partial charge in [-0.05, 0) is 18.4 Å². The van der Waals surface area contributed by atoms with Crippen molar-refractivity contribution in [2.45, 2.75) is 13.0 Å². The minimum Gasteiger partial charge on any atom is -0.314 e. The van der Waals surface area contributed by atoms with Crippen LogP contribution in [0.15, 0.2) is 17.5 Å². The van der Waals surface area contributed by atoms with E-state index in [4.69, 9.17) is 0 Å². The first-order chi connectivity index (χ1) is 7.27. The molecule has 2 rings (SSSR count). The monoisotopic (exact) mass is 224 g/mol. The number of carbonyl (C=O) groups excluding carboxylic acids is 1. The fraction of sp³-hybridized carbons (Fsp3) is 0.545. The van der Waals surface area contributed by atoms with Gasteiger partial charge < -0.3 is 5.32 Å². The van der Waals surface area contributed by atoms with Crippen molar-refractivity contribution in [3.8, 4) is 0 Å². The number of hydrogen-bond acceptors (Lipinski definition) is 4. The van der Waals surface area contributed by atoms with Gasteiger partial charge in [0.15, 0.2) is 5.78 Å². The molecule has 3 nitrogen and oxygen atoms in total. The molecule has 1 aromatic heterocycles. The summed E-state index contributed by atoms with van der Waals surface area (Å²) in [5.41, 5.74) is 0. The first-order valence-corrected chi connectivity index (χ1v) is 6.17. The van der Waals surface area contributed by atoms with Crippen LogP contribution in [0.5, 0.6) is 0 Å². The molecular weight excluding hydrogens is 208 g/mol. The summed E-state index contributed by atoms with van der Waals surface area (Å²) in [5.74, 6) is 0.249. The topological polar surface area (TPSA) is 32.3 Å². The third-order valence-corrected chi connectivity index (χ3v) is 3.69. The molecule has 0 bridgehead atoms. The molecule has 1 aliphatic heterocycles. The van der Waals surface area contributed by atoms with Gasteiger partial charge in [-0.25, -0.2) is 0 Å². The Hall–Kier alpha value is -0.710. The summed E-state index contributed by atoms with van der Waals surface area (Å²) in [4.78, 5) is 15.0. The van der Waals surface area contributed by atoms with E-state index in [0.717, 1.165) is 24.5 Å². The van der Waals surface area contributed by atoms with Crippen LogP contribution < -0.4 is 5.32 Å². The van der Waals surface area contributed by atoms with Crippen LogP contribution in [0, 0.1) is 0 Å². The number of nitrogens with one attached hydrogen (secondary N) is 1. The lowest BCUT2D eigenvalue weighted by Gasteiger charge is -2.33. The van der Waals surface area contributed by atoms with Crippen molar-refractivity contribution >= 4 is 17.1 Å². The van der Waals surface area contributed by atoms with Crippen LogP contribution in [0.3, 0.4) is 0 Å². The maximum atomic E-state index is 11.9. The SMILES string of the molecule is C[C@@H]1CNCCN1CC(=O)c1cccs1. The van der Waals surface area contributed by atoms with Crippen molar-refractivity contribution in [1.82, 2.24) is 10.2 Å². The third kappa shape index (κ3) is 2.65. The minimum atomic E-state index is 0.249. The number of ketones is 1. The van der Waals surface area contributed by atoms with Gasteiger partial charge >= 0.3 is 0 Å². The zero-order valence-electron chi connectivity index (χ0n) is 8.90. The van der Waals surface area contributed by atoms with E-state index in [1.807, 2.05) is 17.5 Å². The molecule has 1 atom stereocenters. The van der Waals surface area contributed by atoms with Gasteiger partial charge in [0.2, 0.25) is 0 Å². The van der Waals surface area contributed by atoms with Crippen LogP contribution in [0.4, 0.5) is 0 Å². The largest absolute Gasteiger partial charge is 0.314 e. The normalized spacial score (nSPS) is 22.9. The van der Waals surface area contributed by atoms with Crippen LogP contribution in [-0.2, 0) is 0 Å². The molecule has 1 aliphatic rings. The predicted octanol–water partition coefficient (Wildman–Crippen LogP) is 1.22. The van der Waals surface area contributed by atoms with Crippen molar-refractivity contribution in [3.05, 3.63) is 22.4 Å². The van der Waals surface area contributed by atoms with Crippen molar-refractivity contribution in [3.63, 3.8) is 0 Å². The average Bonchev–Trinajstić information content (AvgIpc) is 2.74. The van der Waals surface area contributed by atoms with E-state index in [2.05, 4.69) is 17.1 Å². The van der Waals surface area contributed by atoms with Crippen molar-refractivity contribution < 1.29 is 4.79 Å². The van der Waals surface area contributed by atoms with E-state index in [9.17, 15) is 4.79 Å². The van der Waals surface area contributed by atoms with E-state index in [1.54, 1.807) is 0 Å². The van der Waals surface area contributed by atoms with Gasteiger partial charge in [-0.3, -0.25) is 9.69 Å². The Labute approximate surface area is 94.1 Å². The second-order valence-corrected chi connectivity index (χ2v) is 4.87. The van der Waals surface area contributed by atoms with E-state index in [0.29, 0.717) is 12.6 Å². The molecule has 0 aromatic carbocycles. The number of piperazine rings is 1. The van der Waals surface area contributed by atoms with Gasteiger partial charge in [0.1, 0.15) is 0 Å². The fourth-order valence-electron chi connectivity index (χ4n) is 1.82. The number of nitrogens with zero attached hydrogens (tertiary/aromatic N) is 1. The molecule has 2 heterocycles. The number of carbonyl (C=O) groups is 1. The van der Waals surface area contributed by atoms with Gasteiger partial charge in [0.05, 0.1) is 11.4 Å². The molecule has 1 saturated heterocycles. The van der Waals surface area contributed by atoms with Gasteiger partial charge in [-0.2, -0.15) is 0 Å². The molecule has 15 heavy (non-hydrogen) atoms. The number of hydrogen-bond donors (Lipinski definition) is 1. The van der Waals surface area contributed by atoms with Gasteiger partial charge in [0, 0.05) is 25.7 Å². The highest BCUT2D eigenvalue weighted by atomic mass is 32.1. The number of rotatable bonds is 3. The first kappa shape index (κ1) is 10.8. The van der Waals surface area contributed by atoms with Crippen LogP contribution in [0.1, 0.15) is 16.6 Å². The highest BCUT2D eigenvalue weighted by molar-refractivity contribution is 7.12. The molecule has 0 saturated carbocycles. The van der Waals surface area contributed by atoms with E-state index < -0.39 is 0 Å². The predicted molar refractivity (Wildman–Crippen MR) is 62.6 cm³/mol. The summed E-state index contributed by atoms with van der Waals surface area (Å²) in [6, 6.07) is 4.29. The van der Waals surface area contributed by atoms with Crippen LogP contribution in [-0.4, -0.2) is 42.9 Å². The Kier molecular flexibility index (Phi) is 3.51. The number of thiophene rings is 1. The second-order valence-electron chi connectivity index (χ2n) is 3.92. The zero-order valence-corrected chi connectivity index (χ0v) is 9.72. The molecule has 0 spiro atoms. The molecule has 82 valence electrons. The minimum absolute atomic E-state index is 0.249. The van der Waals surface area contributed by atoms with Crippen LogP contribution >= 0.6 is 11.3 Å². The quantitative estimate of drug-likeness (QED) is 0.784.